The van der Waals surface area contributed by atoms with Crippen molar-refractivity contribution in [1.82, 2.24) is 4.90 Å². The molecule has 2 atom stereocenters. The van der Waals surface area contributed by atoms with Crippen LogP contribution in [0, 0.1) is 5.92 Å². The van der Waals surface area contributed by atoms with E-state index in [1.807, 2.05) is 41.3 Å². The summed E-state index contributed by atoms with van der Waals surface area (Å²) < 4.78 is 0. The Labute approximate surface area is 162 Å². The number of carbonyl (C=O) groups excluding carboxylic acids is 1. The van der Waals surface area contributed by atoms with Crippen molar-refractivity contribution < 1.29 is 4.79 Å². The molecule has 3 rings (SSSR count). The first-order valence-corrected chi connectivity index (χ1v) is 9.87. The van der Waals surface area contributed by atoms with Crippen LogP contribution in [0.25, 0.3) is 0 Å². The number of thioether (sulfide) groups is 1. The lowest BCUT2D eigenvalue weighted by Crippen LogP contribution is -2.33. The SMILES string of the molecule is NCC1CCN(C(=O)C(Sc2cc(Cl)ccc2Cl)c2ccccc2)C1. The van der Waals surface area contributed by atoms with Crippen molar-refractivity contribution in [1.29, 1.82) is 0 Å². The van der Waals surface area contributed by atoms with Gasteiger partial charge < -0.3 is 10.6 Å². The molecule has 0 spiro atoms. The highest BCUT2D eigenvalue weighted by molar-refractivity contribution is 8.00. The van der Waals surface area contributed by atoms with Gasteiger partial charge in [-0.05, 0) is 42.6 Å². The average Bonchev–Trinajstić information content (AvgIpc) is 3.12. The van der Waals surface area contributed by atoms with Crippen LogP contribution in [-0.2, 0) is 4.79 Å². The molecule has 2 unspecified atom stereocenters. The summed E-state index contributed by atoms with van der Waals surface area (Å²) >= 11 is 13.9. The molecule has 1 amide bonds. The molecule has 6 heteroatoms. The van der Waals surface area contributed by atoms with E-state index in [1.54, 1.807) is 12.1 Å². The maximum atomic E-state index is 13.2. The minimum atomic E-state index is -0.353. The van der Waals surface area contributed by atoms with Gasteiger partial charge in [-0.25, -0.2) is 0 Å². The first-order valence-electron chi connectivity index (χ1n) is 8.24. The molecule has 2 N–H and O–H groups in total. The summed E-state index contributed by atoms with van der Waals surface area (Å²) in [6, 6.07) is 15.1. The van der Waals surface area contributed by atoms with Crippen LogP contribution in [0.4, 0.5) is 0 Å². The summed E-state index contributed by atoms with van der Waals surface area (Å²) in [7, 11) is 0. The Hall–Kier alpha value is -1.20. The molecule has 1 heterocycles. The molecule has 25 heavy (non-hydrogen) atoms. The van der Waals surface area contributed by atoms with Gasteiger partial charge in [0, 0.05) is 23.0 Å². The van der Waals surface area contributed by atoms with Crippen molar-refractivity contribution in [2.24, 2.45) is 11.7 Å². The van der Waals surface area contributed by atoms with E-state index in [9.17, 15) is 4.79 Å². The highest BCUT2D eigenvalue weighted by atomic mass is 35.5. The summed E-state index contributed by atoms with van der Waals surface area (Å²) in [4.78, 5) is 15.9. The number of nitrogens with two attached hydrogens (primary N) is 1. The fourth-order valence-electron chi connectivity index (χ4n) is 2.97. The largest absolute Gasteiger partial charge is 0.341 e. The Morgan fingerprint density at radius 2 is 2.00 bits per heavy atom. The third-order valence-electron chi connectivity index (χ3n) is 4.40. The molecular weight excluding hydrogens is 375 g/mol. The number of benzene rings is 2. The molecule has 0 radical (unpaired) electrons. The van der Waals surface area contributed by atoms with Gasteiger partial charge in [0.15, 0.2) is 0 Å². The topological polar surface area (TPSA) is 46.3 Å². The van der Waals surface area contributed by atoms with Gasteiger partial charge in [0.2, 0.25) is 5.91 Å². The highest BCUT2D eigenvalue weighted by Gasteiger charge is 2.32. The van der Waals surface area contributed by atoms with Gasteiger partial charge in [-0.3, -0.25) is 4.79 Å². The van der Waals surface area contributed by atoms with Gasteiger partial charge in [-0.2, -0.15) is 0 Å². The van der Waals surface area contributed by atoms with E-state index in [0.29, 0.717) is 22.5 Å². The van der Waals surface area contributed by atoms with Crippen LogP contribution in [0.15, 0.2) is 53.4 Å². The molecule has 0 bridgehead atoms. The fraction of sp³-hybridized carbons (Fsp3) is 0.316. The lowest BCUT2D eigenvalue weighted by Gasteiger charge is -2.24. The predicted molar refractivity (Wildman–Crippen MR) is 105 cm³/mol. The monoisotopic (exact) mass is 394 g/mol. The molecular formula is C19H20Cl2N2OS. The minimum absolute atomic E-state index is 0.100. The number of amides is 1. The number of hydrogen-bond acceptors (Lipinski definition) is 3. The Bertz CT molecular complexity index is 741. The Morgan fingerprint density at radius 1 is 1.24 bits per heavy atom. The van der Waals surface area contributed by atoms with E-state index in [-0.39, 0.29) is 11.2 Å². The van der Waals surface area contributed by atoms with Crippen molar-refractivity contribution >= 4 is 40.9 Å². The zero-order valence-electron chi connectivity index (χ0n) is 13.7. The molecule has 0 saturated carbocycles. The van der Waals surface area contributed by atoms with E-state index in [4.69, 9.17) is 28.9 Å². The van der Waals surface area contributed by atoms with Crippen LogP contribution in [0.2, 0.25) is 10.0 Å². The molecule has 1 saturated heterocycles. The molecule has 1 aliphatic rings. The number of halogens is 2. The molecule has 2 aromatic rings. The Balaban J connectivity index is 1.88. The lowest BCUT2D eigenvalue weighted by atomic mass is 10.1. The molecule has 132 valence electrons. The molecule has 1 aliphatic heterocycles. The fourth-order valence-corrected chi connectivity index (χ4v) is 4.64. The number of hydrogen-bond donors (Lipinski definition) is 1. The second kappa shape index (κ2) is 8.45. The van der Waals surface area contributed by atoms with Crippen LogP contribution in [-0.4, -0.2) is 30.4 Å². The average molecular weight is 395 g/mol. The van der Waals surface area contributed by atoms with Gasteiger partial charge >= 0.3 is 0 Å². The van der Waals surface area contributed by atoms with E-state index in [1.165, 1.54) is 11.8 Å². The molecule has 0 aromatic heterocycles. The minimum Gasteiger partial charge on any atom is -0.341 e. The maximum absolute atomic E-state index is 13.2. The van der Waals surface area contributed by atoms with E-state index < -0.39 is 0 Å². The standard InChI is InChI=1S/C19H20Cl2N2OS/c20-15-6-7-16(21)17(10-15)25-18(14-4-2-1-3-5-14)19(24)23-9-8-13(11-22)12-23/h1-7,10,13,18H,8-9,11-12,22H2. The number of carbonyl (C=O) groups is 1. The number of rotatable bonds is 5. The van der Waals surface area contributed by atoms with E-state index in [0.717, 1.165) is 30.0 Å². The maximum Gasteiger partial charge on any atom is 0.240 e. The third-order valence-corrected chi connectivity index (χ3v) is 6.37. The lowest BCUT2D eigenvalue weighted by molar-refractivity contribution is -0.129. The molecule has 3 nitrogen and oxygen atoms in total. The first kappa shape index (κ1) is 18.6. The second-order valence-electron chi connectivity index (χ2n) is 6.16. The van der Waals surface area contributed by atoms with Crippen molar-refractivity contribution in [2.75, 3.05) is 19.6 Å². The Kier molecular flexibility index (Phi) is 6.29. The van der Waals surface area contributed by atoms with Gasteiger partial charge in [-0.15, -0.1) is 11.8 Å². The third kappa shape index (κ3) is 4.50. The van der Waals surface area contributed by atoms with Crippen molar-refractivity contribution in [3.05, 3.63) is 64.1 Å². The number of likely N-dealkylation sites (tertiary alicyclic amines) is 1. The number of nitrogens with zero attached hydrogens (tertiary/aromatic N) is 1. The normalized spacial score (nSPS) is 18.4. The smallest absolute Gasteiger partial charge is 0.240 e. The highest BCUT2D eigenvalue weighted by Crippen LogP contribution is 2.41. The second-order valence-corrected chi connectivity index (χ2v) is 8.15. The van der Waals surface area contributed by atoms with E-state index >= 15 is 0 Å². The summed E-state index contributed by atoms with van der Waals surface area (Å²) in [5.41, 5.74) is 6.73. The van der Waals surface area contributed by atoms with Crippen molar-refractivity contribution in [3.8, 4) is 0 Å². The van der Waals surface area contributed by atoms with Gasteiger partial charge in [0.1, 0.15) is 5.25 Å². The van der Waals surface area contributed by atoms with Gasteiger partial charge in [-0.1, -0.05) is 53.5 Å². The van der Waals surface area contributed by atoms with Crippen LogP contribution < -0.4 is 5.73 Å². The summed E-state index contributed by atoms with van der Waals surface area (Å²) in [6.07, 6.45) is 0.965. The molecule has 1 fully saturated rings. The van der Waals surface area contributed by atoms with Crippen LogP contribution in [0.3, 0.4) is 0 Å². The van der Waals surface area contributed by atoms with Gasteiger partial charge in [0.25, 0.3) is 0 Å². The van der Waals surface area contributed by atoms with Gasteiger partial charge in [0.05, 0.1) is 5.02 Å². The Morgan fingerprint density at radius 3 is 2.68 bits per heavy atom. The predicted octanol–water partition coefficient (Wildman–Crippen LogP) is 4.63. The summed E-state index contributed by atoms with van der Waals surface area (Å²) in [5, 5.41) is 0.855. The van der Waals surface area contributed by atoms with Crippen LogP contribution >= 0.6 is 35.0 Å². The molecule has 2 aromatic carbocycles. The zero-order valence-corrected chi connectivity index (χ0v) is 16.0. The van der Waals surface area contributed by atoms with Crippen molar-refractivity contribution in [2.45, 2.75) is 16.6 Å². The summed E-state index contributed by atoms with van der Waals surface area (Å²) in [5.74, 6) is 0.489. The van der Waals surface area contributed by atoms with E-state index in [2.05, 4.69) is 0 Å². The van der Waals surface area contributed by atoms with Crippen molar-refractivity contribution in [3.63, 3.8) is 0 Å². The first-order chi connectivity index (χ1) is 12.1. The summed E-state index contributed by atoms with van der Waals surface area (Å²) in [6.45, 7) is 2.10. The van der Waals surface area contributed by atoms with Crippen LogP contribution in [0.5, 0.6) is 0 Å². The quantitative estimate of drug-likeness (QED) is 0.751. The zero-order chi connectivity index (χ0) is 17.8. The molecule has 0 aliphatic carbocycles. The van der Waals surface area contributed by atoms with Crippen LogP contribution in [0.1, 0.15) is 17.2 Å².